The number of benzene rings is 2. The van der Waals surface area contributed by atoms with Gasteiger partial charge in [0.25, 0.3) is 5.91 Å². The van der Waals surface area contributed by atoms with Gasteiger partial charge in [-0.3, -0.25) is 14.6 Å². The Hall–Kier alpha value is -4.46. The molecule has 0 unspecified atom stereocenters. The second-order valence-electron chi connectivity index (χ2n) is 8.55. The highest BCUT2D eigenvalue weighted by atomic mass is 16.5. The third-order valence-corrected chi connectivity index (χ3v) is 5.93. The van der Waals surface area contributed by atoms with E-state index in [1.807, 2.05) is 42.5 Å². The van der Waals surface area contributed by atoms with Crippen molar-refractivity contribution >= 4 is 28.5 Å². The summed E-state index contributed by atoms with van der Waals surface area (Å²) in [5.74, 6) is -0.243. The number of hydrogen-bond acceptors (Lipinski definition) is 6. The van der Waals surface area contributed by atoms with Gasteiger partial charge in [0, 0.05) is 36.0 Å². The largest absolute Gasteiger partial charge is 0.491 e. The number of fused-ring (bicyclic) bond motifs is 1. The predicted octanol–water partition coefficient (Wildman–Crippen LogP) is 4.04. The first kappa shape index (κ1) is 24.7. The molecular formula is C28H28N4O4. The molecule has 0 aliphatic carbocycles. The molecule has 4 aromatic rings. The number of nitrogens with zero attached hydrogens (tertiary/aromatic N) is 2. The molecule has 8 heteroatoms. The maximum atomic E-state index is 12.9. The number of carbonyl (C=O) groups excluding carboxylic acids is 1. The van der Waals surface area contributed by atoms with E-state index < -0.39 is 12.0 Å². The van der Waals surface area contributed by atoms with Crippen LogP contribution in [0, 0.1) is 0 Å². The Balaban J connectivity index is 1.37. The molecular weight excluding hydrogens is 456 g/mol. The molecule has 36 heavy (non-hydrogen) atoms. The molecule has 0 saturated heterocycles. The van der Waals surface area contributed by atoms with Crippen LogP contribution in [-0.2, 0) is 17.6 Å². The van der Waals surface area contributed by atoms with Gasteiger partial charge >= 0.3 is 5.97 Å². The van der Waals surface area contributed by atoms with Gasteiger partial charge in [-0.1, -0.05) is 18.2 Å². The Labute approximate surface area is 209 Å². The quantitative estimate of drug-likeness (QED) is 0.293. The van der Waals surface area contributed by atoms with Gasteiger partial charge in [0.1, 0.15) is 18.2 Å². The highest BCUT2D eigenvalue weighted by Crippen LogP contribution is 2.24. The van der Waals surface area contributed by atoms with Crippen LogP contribution in [0.5, 0.6) is 5.75 Å². The number of rotatable bonds is 11. The van der Waals surface area contributed by atoms with Crippen LogP contribution in [0.1, 0.15) is 34.3 Å². The molecule has 8 nitrogen and oxygen atoms in total. The molecule has 0 radical (unpaired) electrons. The summed E-state index contributed by atoms with van der Waals surface area (Å²) in [5.41, 5.74) is 8.80. The minimum absolute atomic E-state index is 0.0865. The minimum Gasteiger partial charge on any atom is -0.491 e. The first-order valence-corrected chi connectivity index (χ1v) is 11.8. The number of nitrogen functional groups attached to an aromatic ring is 1. The maximum Gasteiger partial charge on any atom is 0.303 e. The summed E-state index contributed by atoms with van der Waals surface area (Å²) in [5, 5.41) is 13.8. The number of carbonyl (C=O) groups is 2. The molecule has 1 atom stereocenters. The second-order valence-corrected chi connectivity index (χ2v) is 8.55. The van der Waals surface area contributed by atoms with E-state index in [1.54, 1.807) is 36.8 Å². The van der Waals surface area contributed by atoms with Gasteiger partial charge in [0.2, 0.25) is 0 Å². The lowest BCUT2D eigenvalue weighted by Crippen LogP contribution is -2.39. The molecule has 4 rings (SSSR count). The van der Waals surface area contributed by atoms with E-state index in [9.17, 15) is 9.59 Å². The number of hydrogen-bond donors (Lipinski definition) is 3. The fourth-order valence-electron chi connectivity index (χ4n) is 3.88. The molecule has 1 amide bonds. The monoisotopic (exact) mass is 484 g/mol. The van der Waals surface area contributed by atoms with E-state index in [4.69, 9.17) is 15.6 Å². The van der Waals surface area contributed by atoms with E-state index in [0.717, 1.165) is 29.2 Å². The van der Waals surface area contributed by atoms with Crippen molar-refractivity contribution < 1.29 is 19.4 Å². The van der Waals surface area contributed by atoms with E-state index in [1.165, 1.54) is 5.56 Å². The van der Waals surface area contributed by atoms with Gasteiger partial charge < -0.3 is 20.9 Å². The summed E-state index contributed by atoms with van der Waals surface area (Å²) in [4.78, 5) is 32.1. The van der Waals surface area contributed by atoms with Crippen molar-refractivity contribution in [1.29, 1.82) is 0 Å². The van der Waals surface area contributed by atoms with Crippen molar-refractivity contribution in [2.45, 2.75) is 31.7 Å². The summed E-state index contributed by atoms with van der Waals surface area (Å²) in [6.45, 7) is 0.120. The number of ether oxygens (including phenoxy) is 1. The number of aryl methyl sites for hydroxylation is 2. The number of carboxylic acids is 1. The number of nitrogens with one attached hydrogen (secondary N) is 1. The molecule has 0 fully saturated rings. The van der Waals surface area contributed by atoms with Crippen LogP contribution in [0.2, 0.25) is 0 Å². The molecule has 0 bridgehead atoms. The Kier molecular flexibility index (Phi) is 8.08. The second kappa shape index (κ2) is 11.8. The van der Waals surface area contributed by atoms with Crippen molar-refractivity contribution in [2.75, 3.05) is 12.3 Å². The zero-order valence-electron chi connectivity index (χ0n) is 19.8. The van der Waals surface area contributed by atoms with Crippen molar-refractivity contribution in [2.24, 2.45) is 0 Å². The zero-order chi connectivity index (χ0) is 25.3. The fourth-order valence-corrected chi connectivity index (χ4v) is 3.88. The number of pyridine rings is 2. The third kappa shape index (κ3) is 6.79. The summed E-state index contributed by atoms with van der Waals surface area (Å²) < 4.78 is 5.90. The van der Waals surface area contributed by atoms with Gasteiger partial charge in [-0.2, -0.15) is 0 Å². The SMILES string of the molecule is Nc1nccc2ccc(OC[C@@H](CCC(=O)O)NC(=O)c3ccc(CCc4ccncc4)cc3)cc12. The van der Waals surface area contributed by atoms with Crippen molar-refractivity contribution in [3.63, 3.8) is 0 Å². The average Bonchev–Trinajstić information content (AvgIpc) is 2.90. The van der Waals surface area contributed by atoms with Gasteiger partial charge in [-0.15, -0.1) is 0 Å². The number of aromatic nitrogens is 2. The molecule has 0 aliphatic heterocycles. The Morgan fingerprint density at radius 1 is 0.944 bits per heavy atom. The van der Waals surface area contributed by atoms with Gasteiger partial charge in [-0.25, -0.2) is 4.98 Å². The lowest BCUT2D eigenvalue weighted by atomic mass is 10.0. The molecule has 2 aromatic carbocycles. The summed E-state index contributed by atoms with van der Waals surface area (Å²) in [7, 11) is 0. The predicted molar refractivity (Wildman–Crippen MR) is 138 cm³/mol. The van der Waals surface area contributed by atoms with Crippen LogP contribution < -0.4 is 15.8 Å². The molecule has 0 saturated carbocycles. The molecule has 0 spiro atoms. The minimum atomic E-state index is -0.933. The van der Waals surface area contributed by atoms with Crippen molar-refractivity contribution in [1.82, 2.24) is 15.3 Å². The Morgan fingerprint density at radius 3 is 2.39 bits per heavy atom. The number of carboxylic acid groups (broad SMARTS) is 1. The topological polar surface area (TPSA) is 127 Å². The maximum absolute atomic E-state index is 12.9. The lowest BCUT2D eigenvalue weighted by molar-refractivity contribution is -0.137. The molecule has 184 valence electrons. The number of aliphatic carboxylic acids is 1. The van der Waals surface area contributed by atoms with Crippen LogP contribution in [0.3, 0.4) is 0 Å². The van der Waals surface area contributed by atoms with E-state index in [0.29, 0.717) is 17.1 Å². The number of amides is 1. The first-order valence-electron chi connectivity index (χ1n) is 11.8. The Bertz CT molecular complexity index is 1330. The summed E-state index contributed by atoms with van der Waals surface area (Å²) >= 11 is 0. The average molecular weight is 485 g/mol. The highest BCUT2D eigenvalue weighted by Gasteiger charge is 2.17. The van der Waals surface area contributed by atoms with Crippen LogP contribution in [0.4, 0.5) is 5.82 Å². The lowest BCUT2D eigenvalue weighted by Gasteiger charge is -2.19. The Morgan fingerprint density at radius 2 is 1.67 bits per heavy atom. The van der Waals surface area contributed by atoms with Gasteiger partial charge in [0.05, 0.1) is 6.04 Å². The van der Waals surface area contributed by atoms with Crippen LogP contribution in [0.15, 0.2) is 79.3 Å². The van der Waals surface area contributed by atoms with Crippen molar-refractivity contribution in [3.8, 4) is 5.75 Å². The summed E-state index contributed by atoms with van der Waals surface area (Å²) in [6.07, 6.45) is 7.09. The third-order valence-electron chi connectivity index (χ3n) is 5.93. The van der Waals surface area contributed by atoms with Gasteiger partial charge in [0.15, 0.2) is 0 Å². The molecule has 4 N–H and O–H groups in total. The fraction of sp³-hybridized carbons (Fsp3) is 0.214. The van der Waals surface area contributed by atoms with Crippen LogP contribution >= 0.6 is 0 Å². The number of anilines is 1. The van der Waals surface area contributed by atoms with E-state index in [2.05, 4.69) is 15.3 Å². The van der Waals surface area contributed by atoms with Crippen molar-refractivity contribution in [3.05, 3.63) is 95.9 Å². The summed E-state index contributed by atoms with van der Waals surface area (Å²) in [6, 6.07) is 18.3. The normalized spacial score (nSPS) is 11.7. The van der Waals surface area contributed by atoms with Crippen LogP contribution in [0.25, 0.3) is 10.8 Å². The molecule has 2 heterocycles. The number of nitrogens with two attached hydrogens (primary N) is 1. The highest BCUT2D eigenvalue weighted by molar-refractivity contribution is 5.94. The van der Waals surface area contributed by atoms with Gasteiger partial charge in [-0.05, 0) is 78.2 Å². The van der Waals surface area contributed by atoms with E-state index >= 15 is 0 Å². The van der Waals surface area contributed by atoms with E-state index in [-0.39, 0.29) is 25.4 Å². The smallest absolute Gasteiger partial charge is 0.303 e. The van der Waals surface area contributed by atoms with Crippen LogP contribution in [-0.4, -0.2) is 39.6 Å². The molecule has 2 aromatic heterocycles. The zero-order valence-corrected chi connectivity index (χ0v) is 19.8. The first-order chi connectivity index (χ1) is 17.5. The molecule has 0 aliphatic rings. The standard InChI is InChI=1S/C28H28N4O4/c29-27-25-17-24(9-7-21(25)13-16-31-27)36-18-23(8-10-26(33)34)32-28(35)22-5-3-19(4-6-22)1-2-20-11-14-30-15-12-20/h3-7,9,11-17,23H,1-2,8,10,18H2,(H2,29,31)(H,32,35)(H,33,34)/t23-/m1/s1.